The quantitative estimate of drug-likeness (QED) is 0.404. The molecule has 0 aliphatic rings. The Morgan fingerprint density at radius 2 is 1.46 bits per heavy atom. The molecule has 0 heterocycles. The second kappa shape index (κ2) is 3.68. The fourth-order valence-electron chi connectivity index (χ4n) is 0.498. The number of aliphatic hydroxyl groups excluding tert-OH is 1. The van der Waals surface area contributed by atoms with Crippen LogP contribution in [-0.4, -0.2) is 45.5 Å². The normalized spacial score (nSPS) is 14.1. The van der Waals surface area contributed by atoms with Crippen LogP contribution in [-0.2, 0) is 19.7 Å². The first kappa shape index (κ1) is 11.8. The van der Waals surface area contributed by atoms with Crippen LogP contribution in [0.15, 0.2) is 0 Å². The molecule has 0 aliphatic carbocycles. The summed E-state index contributed by atoms with van der Waals surface area (Å²) in [6, 6.07) is 0. The van der Waals surface area contributed by atoms with Crippen LogP contribution in [0, 0.1) is 6.10 Å². The lowest BCUT2D eigenvalue weighted by Gasteiger charge is -2.10. The van der Waals surface area contributed by atoms with E-state index in [0.29, 0.717) is 0 Å². The second-order valence-corrected chi connectivity index (χ2v) is 3.42. The molecule has 0 amide bonds. The van der Waals surface area contributed by atoms with E-state index in [4.69, 9.17) is 19.9 Å². The zero-order valence-electron chi connectivity index (χ0n) is 5.91. The number of hydrogen-bond donors (Lipinski definition) is 4. The van der Waals surface area contributed by atoms with Crippen molar-refractivity contribution < 1.29 is 37.9 Å². The van der Waals surface area contributed by atoms with Gasteiger partial charge in [-0.3, -0.25) is 9.35 Å². The Balaban J connectivity index is 5.07. The van der Waals surface area contributed by atoms with Gasteiger partial charge >= 0.3 is 11.9 Å². The summed E-state index contributed by atoms with van der Waals surface area (Å²) in [6.07, 6.45) is -1.87. The molecule has 9 heteroatoms. The highest BCUT2D eigenvalue weighted by Gasteiger charge is 2.43. The molecule has 1 radical (unpaired) electrons. The number of carboxylic acid groups (broad SMARTS) is 2. The summed E-state index contributed by atoms with van der Waals surface area (Å²) in [5, 5.41) is 21.8. The predicted octanol–water partition coefficient (Wildman–Crippen LogP) is -1.68. The molecule has 1 atom stereocenters. The van der Waals surface area contributed by atoms with Crippen molar-refractivity contribution in [1.29, 1.82) is 0 Å². The third-order valence-corrected chi connectivity index (χ3v) is 2.01. The van der Waals surface area contributed by atoms with Gasteiger partial charge in [0.1, 0.15) is 0 Å². The number of carbonyl (C=O) groups is 2. The molecule has 0 saturated carbocycles. The average Bonchev–Trinajstić information content (AvgIpc) is 1.82. The zero-order valence-corrected chi connectivity index (χ0v) is 6.72. The molecule has 4 N–H and O–H groups in total. The fourth-order valence-corrected chi connectivity index (χ4v) is 1.14. The highest BCUT2D eigenvalue weighted by molar-refractivity contribution is 7.87. The fraction of sp³-hybridized carbons (Fsp3) is 0.250. The molecule has 0 rings (SSSR count). The van der Waals surface area contributed by atoms with Crippen LogP contribution in [0.3, 0.4) is 0 Å². The molecule has 0 saturated heterocycles. The van der Waals surface area contributed by atoms with E-state index in [1.807, 2.05) is 0 Å². The summed E-state index contributed by atoms with van der Waals surface area (Å²) in [7, 11) is -5.18. The summed E-state index contributed by atoms with van der Waals surface area (Å²) in [6.45, 7) is 0. The van der Waals surface area contributed by atoms with E-state index in [0.717, 1.165) is 0 Å². The summed E-state index contributed by atoms with van der Waals surface area (Å²) < 4.78 is 28.7. The lowest BCUT2D eigenvalue weighted by molar-refractivity contribution is -0.145. The standard InChI is InChI=1S/C4H5O8S/c5-1(3(6)7)2(4(8)9)13(10,11)12/h2,5H,(H,6,7)(H,8,9)(H,10,11,12). The minimum atomic E-state index is -5.18. The van der Waals surface area contributed by atoms with Crippen molar-refractivity contribution >= 4 is 22.1 Å². The van der Waals surface area contributed by atoms with Gasteiger partial charge in [0, 0.05) is 0 Å². The van der Waals surface area contributed by atoms with Crippen molar-refractivity contribution in [2.24, 2.45) is 0 Å². The van der Waals surface area contributed by atoms with E-state index in [9.17, 15) is 18.0 Å². The molecule has 0 bridgehead atoms. The SMILES string of the molecule is O=C(O)[C](O)C(C(=O)O)S(=O)(=O)O. The van der Waals surface area contributed by atoms with Crippen molar-refractivity contribution in [2.45, 2.75) is 5.25 Å². The molecule has 75 valence electrons. The largest absolute Gasteiger partial charge is 0.480 e. The molecular weight excluding hydrogens is 208 g/mol. The molecule has 8 nitrogen and oxygen atoms in total. The average molecular weight is 213 g/mol. The van der Waals surface area contributed by atoms with E-state index >= 15 is 0 Å². The lowest BCUT2D eigenvalue weighted by atomic mass is 10.2. The third kappa shape index (κ3) is 2.97. The molecule has 0 aromatic heterocycles. The van der Waals surface area contributed by atoms with Crippen LogP contribution in [0.25, 0.3) is 0 Å². The van der Waals surface area contributed by atoms with E-state index in [1.165, 1.54) is 0 Å². The third-order valence-electron chi connectivity index (χ3n) is 0.990. The molecule has 1 unspecified atom stereocenters. The highest BCUT2D eigenvalue weighted by Crippen LogP contribution is 2.11. The van der Waals surface area contributed by atoms with E-state index in [-0.39, 0.29) is 0 Å². The number of aliphatic hydroxyl groups is 1. The Morgan fingerprint density at radius 3 is 1.54 bits per heavy atom. The first-order valence-electron chi connectivity index (χ1n) is 2.66. The van der Waals surface area contributed by atoms with Gasteiger partial charge in [-0.15, -0.1) is 0 Å². The molecule has 13 heavy (non-hydrogen) atoms. The Labute approximate surface area is 72.2 Å². The van der Waals surface area contributed by atoms with Gasteiger partial charge in [-0.05, 0) is 0 Å². The molecule has 0 aromatic rings. The minimum Gasteiger partial charge on any atom is -0.480 e. The van der Waals surface area contributed by atoms with Crippen molar-refractivity contribution in [3.05, 3.63) is 6.10 Å². The number of aliphatic carboxylic acids is 2. The summed E-state index contributed by atoms with van der Waals surface area (Å²) in [5.41, 5.74) is 0. The molecule has 0 fully saturated rings. The topological polar surface area (TPSA) is 149 Å². The van der Waals surface area contributed by atoms with E-state index in [2.05, 4.69) is 0 Å². The number of carboxylic acids is 2. The van der Waals surface area contributed by atoms with Crippen molar-refractivity contribution in [3.8, 4) is 0 Å². The smallest absolute Gasteiger partial charge is 0.341 e. The van der Waals surface area contributed by atoms with Gasteiger partial charge in [-0.25, -0.2) is 4.79 Å². The zero-order chi connectivity index (χ0) is 10.8. The Hall–Kier alpha value is -1.19. The summed E-state index contributed by atoms with van der Waals surface area (Å²) in [5.74, 6) is -4.31. The Bertz CT molecular complexity index is 315. The number of hydrogen-bond acceptors (Lipinski definition) is 5. The van der Waals surface area contributed by atoms with Gasteiger partial charge in [0.15, 0.2) is 0 Å². The van der Waals surface area contributed by atoms with Crippen LogP contribution < -0.4 is 0 Å². The van der Waals surface area contributed by atoms with E-state index in [1.54, 1.807) is 0 Å². The maximum absolute atomic E-state index is 10.2. The first-order chi connectivity index (χ1) is 5.68. The van der Waals surface area contributed by atoms with Crippen molar-refractivity contribution in [2.75, 3.05) is 0 Å². The maximum Gasteiger partial charge on any atom is 0.341 e. The Morgan fingerprint density at radius 1 is 1.08 bits per heavy atom. The van der Waals surface area contributed by atoms with Crippen LogP contribution in [0.1, 0.15) is 0 Å². The van der Waals surface area contributed by atoms with Crippen LogP contribution in [0.4, 0.5) is 0 Å². The number of rotatable bonds is 4. The molecule has 0 spiro atoms. The molecule has 0 aromatic carbocycles. The van der Waals surface area contributed by atoms with Gasteiger partial charge in [0.2, 0.25) is 11.4 Å². The molecular formula is C4H5O8S. The summed E-state index contributed by atoms with van der Waals surface area (Å²) in [4.78, 5) is 20.1. The van der Waals surface area contributed by atoms with Gasteiger partial charge in [-0.1, -0.05) is 0 Å². The monoisotopic (exact) mass is 213 g/mol. The second-order valence-electron chi connectivity index (χ2n) is 1.92. The van der Waals surface area contributed by atoms with Crippen molar-refractivity contribution in [3.63, 3.8) is 0 Å². The van der Waals surface area contributed by atoms with Crippen molar-refractivity contribution in [1.82, 2.24) is 0 Å². The lowest BCUT2D eigenvalue weighted by Crippen LogP contribution is -2.39. The summed E-state index contributed by atoms with van der Waals surface area (Å²) >= 11 is 0. The van der Waals surface area contributed by atoms with Crippen LogP contribution >= 0.6 is 0 Å². The maximum atomic E-state index is 10.2. The van der Waals surface area contributed by atoms with Gasteiger partial charge in [0.05, 0.1) is 0 Å². The highest BCUT2D eigenvalue weighted by atomic mass is 32.2. The van der Waals surface area contributed by atoms with Gasteiger partial charge in [0.25, 0.3) is 10.1 Å². The Kier molecular flexibility index (Phi) is 3.34. The van der Waals surface area contributed by atoms with E-state index < -0.39 is 33.4 Å². The predicted molar refractivity (Wildman–Crippen MR) is 35.8 cm³/mol. The van der Waals surface area contributed by atoms with Crippen LogP contribution in [0.2, 0.25) is 0 Å². The minimum absolute atomic E-state index is 1.87. The first-order valence-corrected chi connectivity index (χ1v) is 4.16. The molecule has 0 aliphatic heterocycles. The van der Waals surface area contributed by atoms with Gasteiger partial charge < -0.3 is 15.3 Å². The van der Waals surface area contributed by atoms with Gasteiger partial charge in [-0.2, -0.15) is 8.42 Å². The van der Waals surface area contributed by atoms with Crippen LogP contribution in [0.5, 0.6) is 0 Å².